The van der Waals surface area contributed by atoms with E-state index < -0.39 is 6.17 Å². The number of anilines is 2. The second kappa shape index (κ2) is 8.74. The highest BCUT2D eigenvalue weighted by Gasteiger charge is 2.26. The Morgan fingerprint density at radius 3 is 2.41 bits per heavy atom. The van der Waals surface area contributed by atoms with E-state index in [1.807, 2.05) is 24.3 Å². The molecule has 0 aliphatic carbocycles. The predicted octanol–water partition coefficient (Wildman–Crippen LogP) is 4.13. The Kier molecular flexibility index (Phi) is 5.85. The molecule has 0 fully saturated rings. The lowest BCUT2D eigenvalue weighted by molar-refractivity contribution is 0.354. The van der Waals surface area contributed by atoms with Crippen molar-refractivity contribution in [3.05, 3.63) is 75.7 Å². The number of fused-ring (bicyclic) bond motifs is 1. The molecule has 2 N–H and O–H groups in total. The van der Waals surface area contributed by atoms with Crippen LogP contribution in [0.25, 0.3) is 0 Å². The largest absolute Gasteiger partial charge is 0.493 e. The van der Waals surface area contributed by atoms with Crippen molar-refractivity contribution in [2.45, 2.75) is 32.9 Å². The molecule has 3 aromatic rings. The first-order chi connectivity index (χ1) is 15.4. The first-order valence-electron chi connectivity index (χ1n) is 10.4. The molecule has 8 nitrogen and oxygen atoms in total. The number of hydrogen-bond donors (Lipinski definition) is 2. The van der Waals surface area contributed by atoms with Crippen molar-refractivity contribution in [3.8, 4) is 11.5 Å². The summed E-state index contributed by atoms with van der Waals surface area (Å²) < 4.78 is 12.3. The van der Waals surface area contributed by atoms with Crippen molar-refractivity contribution >= 4 is 17.6 Å². The highest BCUT2D eigenvalue weighted by atomic mass is 16.5. The standard InChI is InChI=1S/C24H27N5O3/c1-14(2)16-6-9-18(10-7-16)26-23-27-22(17-8-11-19(31-4)20(13-17)32-5)29-21(30)12-15(3)25-24(29)28-23/h6-14,22H,1-5H3,(H2,25,26,27,28). The lowest BCUT2D eigenvalue weighted by Crippen LogP contribution is -2.37. The van der Waals surface area contributed by atoms with Crippen LogP contribution < -0.4 is 25.7 Å². The highest BCUT2D eigenvalue weighted by Crippen LogP contribution is 2.33. The first kappa shape index (κ1) is 21.4. The number of methoxy groups -OCH3 is 2. The van der Waals surface area contributed by atoms with Gasteiger partial charge in [-0.15, -0.1) is 0 Å². The van der Waals surface area contributed by atoms with E-state index >= 15 is 0 Å². The number of aliphatic imine (C=N–C) groups is 1. The molecule has 0 radical (unpaired) electrons. The van der Waals surface area contributed by atoms with Gasteiger partial charge in [0.2, 0.25) is 11.9 Å². The molecule has 8 heteroatoms. The molecule has 0 bridgehead atoms. The Bertz CT molecular complexity index is 1220. The zero-order valence-electron chi connectivity index (χ0n) is 18.8. The minimum absolute atomic E-state index is 0.191. The summed E-state index contributed by atoms with van der Waals surface area (Å²) in [5, 5.41) is 6.46. The van der Waals surface area contributed by atoms with Crippen LogP contribution in [-0.4, -0.2) is 29.7 Å². The van der Waals surface area contributed by atoms with Gasteiger partial charge in [-0.3, -0.25) is 14.7 Å². The lowest BCUT2D eigenvalue weighted by atomic mass is 10.0. The average molecular weight is 434 g/mol. The molecule has 0 amide bonds. The lowest BCUT2D eigenvalue weighted by Gasteiger charge is -2.27. The first-order valence-corrected chi connectivity index (χ1v) is 10.4. The number of rotatable bonds is 5. The highest BCUT2D eigenvalue weighted by molar-refractivity contribution is 6.03. The third-order valence-corrected chi connectivity index (χ3v) is 5.35. The van der Waals surface area contributed by atoms with E-state index in [1.54, 1.807) is 27.2 Å². The molecule has 32 heavy (non-hydrogen) atoms. The Balaban J connectivity index is 1.76. The van der Waals surface area contributed by atoms with E-state index in [9.17, 15) is 4.79 Å². The second-order valence-electron chi connectivity index (χ2n) is 7.92. The van der Waals surface area contributed by atoms with Gasteiger partial charge in [0, 0.05) is 23.0 Å². The molecule has 1 aromatic heterocycles. The summed E-state index contributed by atoms with van der Waals surface area (Å²) in [6.07, 6.45) is -0.621. The zero-order valence-corrected chi connectivity index (χ0v) is 18.8. The summed E-state index contributed by atoms with van der Waals surface area (Å²) in [6, 6.07) is 15.2. The van der Waals surface area contributed by atoms with Crippen LogP contribution in [0.3, 0.4) is 0 Å². The Morgan fingerprint density at radius 1 is 1.03 bits per heavy atom. The fourth-order valence-electron chi connectivity index (χ4n) is 3.64. The van der Waals surface area contributed by atoms with Crippen LogP contribution in [0.2, 0.25) is 0 Å². The van der Waals surface area contributed by atoms with Crippen LogP contribution in [0.1, 0.15) is 42.8 Å². The molecule has 1 unspecified atom stereocenters. The summed E-state index contributed by atoms with van der Waals surface area (Å²) in [7, 11) is 3.16. The summed E-state index contributed by atoms with van der Waals surface area (Å²) >= 11 is 0. The molecule has 0 spiro atoms. The van der Waals surface area contributed by atoms with E-state index in [4.69, 9.17) is 14.5 Å². The third-order valence-electron chi connectivity index (χ3n) is 5.35. The topological polar surface area (TPSA) is 89.8 Å². The van der Waals surface area contributed by atoms with E-state index in [0.717, 1.165) is 11.3 Å². The van der Waals surface area contributed by atoms with Crippen molar-refractivity contribution in [3.63, 3.8) is 0 Å². The monoisotopic (exact) mass is 433 g/mol. The van der Waals surface area contributed by atoms with Gasteiger partial charge in [0.25, 0.3) is 5.56 Å². The van der Waals surface area contributed by atoms with Crippen molar-refractivity contribution in [2.24, 2.45) is 4.99 Å². The molecule has 1 aliphatic rings. The molecular formula is C24H27N5O3. The maximum absolute atomic E-state index is 12.8. The van der Waals surface area contributed by atoms with Crippen molar-refractivity contribution in [2.75, 3.05) is 24.9 Å². The smallest absolute Gasteiger partial charge is 0.257 e. The number of nitrogens with one attached hydrogen (secondary N) is 2. The van der Waals surface area contributed by atoms with Crippen LogP contribution in [0.15, 0.2) is 58.3 Å². The molecule has 166 valence electrons. The van der Waals surface area contributed by atoms with E-state index in [-0.39, 0.29) is 5.56 Å². The van der Waals surface area contributed by atoms with Crippen molar-refractivity contribution < 1.29 is 9.47 Å². The summed E-state index contributed by atoms with van der Waals surface area (Å²) in [4.78, 5) is 22.2. The fraction of sp³-hybridized carbons (Fsp3) is 0.292. The number of aromatic nitrogens is 2. The molecular weight excluding hydrogens is 406 g/mol. The normalized spacial score (nSPS) is 14.9. The van der Waals surface area contributed by atoms with Gasteiger partial charge in [0.05, 0.1) is 14.2 Å². The van der Waals surface area contributed by atoms with Crippen LogP contribution in [0.5, 0.6) is 11.5 Å². The van der Waals surface area contributed by atoms with E-state index in [2.05, 4.69) is 41.6 Å². The van der Waals surface area contributed by atoms with Gasteiger partial charge in [-0.05, 0) is 42.7 Å². The number of guanidine groups is 1. The molecule has 2 aromatic carbocycles. The Hall–Kier alpha value is -3.81. The third kappa shape index (κ3) is 4.16. The Morgan fingerprint density at radius 2 is 1.75 bits per heavy atom. The molecule has 0 saturated heterocycles. The molecule has 1 atom stereocenters. The molecule has 2 heterocycles. The fourth-order valence-corrected chi connectivity index (χ4v) is 3.64. The number of ether oxygens (including phenoxy) is 2. The minimum atomic E-state index is -0.621. The van der Waals surface area contributed by atoms with E-state index in [1.165, 1.54) is 16.2 Å². The van der Waals surface area contributed by atoms with Crippen molar-refractivity contribution in [1.29, 1.82) is 0 Å². The number of aryl methyl sites for hydroxylation is 1. The van der Waals surface area contributed by atoms with Crippen LogP contribution in [0.4, 0.5) is 11.6 Å². The van der Waals surface area contributed by atoms with E-state index in [0.29, 0.717) is 35.0 Å². The number of benzene rings is 2. The van der Waals surface area contributed by atoms with Crippen LogP contribution >= 0.6 is 0 Å². The van der Waals surface area contributed by atoms with Crippen LogP contribution in [0, 0.1) is 6.92 Å². The summed E-state index contributed by atoms with van der Waals surface area (Å²) in [6.45, 7) is 6.11. The molecule has 0 saturated carbocycles. The summed E-state index contributed by atoms with van der Waals surface area (Å²) in [5.74, 6) is 2.54. The zero-order chi connectivity index (χ0) is 22.8. The average Bonchev–Trinajstić information content (AvgIpc) is 2.78. The van der Waals surface area contributed by atoms with Gasteiger partial charge in [-0.1, -0.05) is 32.0 Å². The number of nitrogens with zero attached hydrogens (tertiary/aromatic N) is 3. The predicted molar refractivity (Wildman–Crippen MR) is 126 cm³/mol. The quantitative estimate of drug-likeness (QED) is 0.629. The molecule has 1 aliphatic heterocycles. The number of hydrogen-bond acceptors (Lipinski definition) is 7. The van der Waals surface area contributed by atoms with Gasteiger partial charge >= 0.3 is 0 Å². The van der Waals surface area contributed by atoms with Crippen LogP contribution in [-0.2, 0) is 0 Å². The van der Waals surface area contributed by atoms with Crippen molar-refractivity contribution in [1.82, 2.24) is 9.55 Å². The summed E-state index contributed by atoms with van der Waals surface area (Å²) in [5.41, 5.74) is 3.35. The van der Waals surface area contributed by atoms with Gasteiger partial charge < -0.3 is 14.8 Å². The maximum Gasteiger partial charge on any atom is 0.257 e. The van der Waals surface area contributed by atoms with Gasteiger partial charge in [-0.25, -0.2) is 9.98 Å². The Labute approximate surface area is 186 Å². The second-order valence-corrected chi connectivity index (χ2v) is 7.92. The van der Waals surface area contributed by atoms with Gasteiger partial charge in [-0.2, -0.15) is 0 Å². The SMILES string of the molecule is COc1ccc(C2N=C(Nc3ccc(C(C)C)cc3)Nc3nc(C)cc(=O)n32)cc1OC. The molecule has 4 rings (SSSR count). The van der Waals surface area contributed by atoms with Gasteiger partial charge in [0.1, 0.15) is 0 Å². The maximum atomic E-state index is 12.8. The minimum Gasteiger partial charge on any atom is -0.493 e. The van der Waals surface area contributed by atoms with Gasteiger partial charge in [0.15, 0.2) is 17.7 Å².